The molecular weight excluding hydrogens is 320 g/mol. The largest absolute Gasteiger partial charge is 0.466 e. The zero-order valence-electron chi connectivity index (χ0n) is 16.6. The quantitative estimate of drug-likeness (QED) is 0.541. The molecule has 5 heteroatoms. The van der Waals surface area contributed by atoms with Crippen molar-refractivity contribution in [2.75, 3.05) is 26.4 Å². The van der Waals surface area contributed by atoms with Crippen LogP contribution in [-0.2, 0) is 23.8 Å². The second-order valence-electron chi connectivity index (χ2n) is 5.39. The maximum atomic E-state index is 10.1. The van der Waals surface area contributed by atoms with E-state index in [2.05, 4.69) is 54.5 Å². The summed E-state index contributed by atoms with van der Waals surface area (Å²) in [7, 11) is 0. The molecule has 0 heterocycles. The Morgan fingerprint density at radius 3 is 1.60 bits per heavy atom. The highest BCUT2D eigenvalue weighted by molar-refractivity contribution is 5.66. The summed E-state index contributed by atoms with van der Waals surface area (Å²) in [6.45, 7) is 13.1. The van der Waals surface area contributed by atoms with E-state index in [4.69, 9.17) is 4.74 Å². The first-order chi connectivity index (χ1) is 11.8. The van der Waals surface area contributed by atoms with Gasteiger partial charge in [0.2, 0.25) is 0 Å². The number of carbonyl (C=O) groups is 2. The van der Waals surface area contributed by atoms with Crippen molar-refractivity contribution in [2.45, 2.75) is 54.4 Å². The minimum absolute atomic E-state index is 0.182. The SMILES string of the molecule is CCCCOC(C)=O.CCOCCOC(C)=O.Cc1ccc(C)cc1. The Bertz CT molecular complexity index is 419. The van der Waals surface area contributed by atoms with Gasteiger partial charge in [-0.15, -0.1) is 0 Å². The minimum atomic E-state index is -0.255. The predicted octanol–water partition coefficient (Wildman–Crippen LogP) is 4.24. The van der Waals surface area contributed by atoms with Crippen LogP contribution in [0.25, 0.3) is 0 Å². The zero-order valence-corrected chi connectivity index (χ0v) is 16.6. The van der Waals surface area contributed by atoms with Gasteiger partial charge in [0.1, 0.15) is 6.61 Å². The van der Waals surface area contributed by atoms with Gasteiger partial charge in [0.15, 0.2) is 0 Å². The molecule has 1 aromatic carbocycles. The molecule has 0 N–H and O–H groups in total. The second kappa shape index (κ2) is 18.5. The average Bonchev–Trinajstić information content (AvgIpc) is 2.55. The van der Waals surface area contributed by atoms with Gasteiger partial charge in [-0.1, -0.05) is 48.7 Å². The lowest BCUT2D eigenvalue weighted by Gasteiger charge is -1.99. The molecule has 1 rings (SSSR count). The number of benzene rings is 1. The number of ether oxygens (including phenoxy) is 3. The van der Waals surface area contributed by atoms with Crippen LogP contribution < -0.4 is 0 Å². The molecule has 1 aromatic rings. The zero-order chi connectivity index (χ0) is 19.5. The van der Waals surface area contributed by atoms with Crippen molar-refractivity contribution in [3.05, 3.63) is 35.4 Å². The van der Waals surface area contributed by atoms with E-state index in [1.165, 1.54) is 25.0 Å². The second-order valence-corrected chi connectivity index (χ2v) is 5.39. The molecule has 0 radical (unpaired) electrons. The van der Waals surface area contributed by atoms with Crippen molar-refractivity contribution < 1.29 is 23.8 Å². The Morgan fingerprint density at radius 2 is 1.24 bits per heavy atom. The van der Waals surface area contributed by atoms with E-state index >= 15 is 0 Å². The van der Waals surface area contributed by atoms with Gasteiger partial charge in [-0.25, -0.2) is 0 Å². The van der Waals surface area contributed by atoms with Crippen molar-refractivity contribution in [1.29, 1.82) is 0 Å². The van der Waals surface area contributed by atoms with Crippen LogP contribution in [0, 0.1) is 13.8 Å². The third-order valence-electron chi connectivity index (χ3n) is 2.76. The Kier molecular flexibility index (Phi) is 18.7. The van der Waals surface area contributed by atoms with Crippen LogP contribution in [0.2, 0.25) is 0 Å². The third-order valence-corrected chi connectivity index (χ3v) is 2.76. The molecule has 0 aliphatic heterocycles. The van der Waals surface area contributed by atoms with Crippen LogP contribution in [0.1, 0.15) is 51.7 Å². The number of carbonyl (C=O) groups excluding carboxylic acids is 2. The van der Waals surface area contributed by atoms with Gasteiger partial charge in [0.25, 0.3) is 0 Å². The molecular formula is C20H34O5. The van der Waals surface area contributed by atoms with Crippen LogP contribution in [0.3, 0.4) is 0 Å². The summed E-state index contributed by atoms with van der Waals surface area (Å²) in [5, 5.41) is 0. The normalized spacial score (nSPS) is 9.04. The highest BCUT2D eigenvalue weighted by Gasteiger charge is 1.89. The molecule has 0 amide bonds. The monoisotopic (exact) mass is 354 g/mol. The summed E-state index contributed by atoms with van der Waals surface area (Å²) in [6.07, 6.45) is 2.05. The van der Waals surface area contributed by atoms with Crippen LogP contribution >= 0.6 is 0 Å². The van der Waals surface area contributed by atoms with Crippen LogP contribution in [0.5, 0.6) is 0 Å². The molecule has 0 unspecified atom stereocenters. The highest BCUT2D eigenvalue weighted by atomic mass is 16.6. The summed E-state index contributed by atoms with van der Waals surface area (Å²) in [6, 6.07) is 8.48. The van der Waals surface area contributed by atoms with E-state index in [1.807, 2.05) is 6.92 Å². The van der Waals surface area contributed by atoms with Crippen molar-refractivity contribution in [2.24, 2.45) is 0 Å². The van der Waals surface area contributed by atoms with Crippen molar-refractivity contribution >= 4 is 11.9 Å². The predicted molar refractivity (Wildman–Crippen MR) is 101 cm³/mol. The molecule has 0 aromatic heterocycles. The highest BCUT2D eigenvalue weighted by Crippen LogP contribution is 1.99. The molecule has 0 saturated heterocycles. The van der Waals surface area contributed by atoms with Gasteiger partial charge in [-0.05, 0) is 27.2 Å². The summed E-state index contributed by atoms with van der Waals surface area (Å²) in [4.78, 5) is 20.2. The smallest absolute Gasteiger partial charge is 0.302 e. The molecule has 5 nitrogen and oxygen atoms in total. The Morgan fingerprint density at radius 1 is 0.800 bits per heavy atom. The maximum Gasteiger partial charge on any atom is 0.302 e. The van der Waals surface area contributed by atoms with Crippen molar-refractivity contribution in [1.82, 2.24) is 0 Å². The van der Waals surface area contributed by atoms with Gasteiger partial charge in [0, 0.05) is 20.5 Å². The van der Waals surface area contributed by atoms with E-state index in [9.17, 15) is 9.59 Å². The fourth-order valence-electron chi connectivity index (χ4n) is 1.39. The number of unbranched alkanes of at least 4 members (excludes halogenated alkanes) is 1. The molecule has 0 aliphatic rings. The number of hydrogen-bond donors (Lipinski definition) is 0. The number of rotatable bonds is 7. The van der Waals surface area contributed by atoms with Gasteiger partial charge in [-0.3, -0.25) is 9.59 Å². The first kappa shape index (κ1) is 25.4. The average molecular weight is 354 g/mol. The molecule has 0 atom stereocenters. The maximum absolute atomic E-state index is 10.1. The van der Waals surface area contributed by atoms with Gasteiger partial charge in [-0.2, -0.15) is 0 Å². The number of aryl methyl sites for hydroxylation is 2. The molecule has 0 spiro atoms. The number of esters is 2. The van der Waals surface area contributed by atoms with Crippen LogP contribution in [-0.4, -0.2) is 38.4 Å². The van der Waals surface area contributed by atoms with Crippen molar-refractivity contribution in [3.63, 3.8) is 0 Å². The third kappa shape index (κ3) is 24.5. The van der Waals surface area contributed by atoms with Gasteiger partial charge in [0.05, 0.1) is 13.2 Å². The molecule has 0 aliphatic carbocycles. The topological polar surface area (TPSA) is 61.8 Å². The van der Waals surface area contributed by atoms with Crippen molar-refractivity contribution in [3.8, 4) is 0 Å². The van der Waals surface area contributed by atoms with Crippen LogP contribution in [0.4, 0.5) is 0 Å². The summed E-state index contributed by atoms with van der Waals surface area (Å²) in [5.41, 5.74) is 2.66. The molecule has 0 fully saturated rings. The van der Waals surface area contributed by atoms with E-state index in [-0.39, 0.29) is 11.9 Å². The van der Waals surface area contributed by atoms with E-state index < -0.39 is 0 Å². The lowest BCUT2D eigenvalue weighted by Crippen LogP contribution is -2.06. The molecule has 25 heavy (non-hydrogen) atoms. The number of hydrogen-bond acceptors (Lipinski definition) is 5. The first-order valence-electron chi connectivity index (χ1n) is 8.71. The fraction of sp³-hybridized carbons (Fsp3) is 0.600. The van der Waals surface area contributed by atoms with Gasteiger partial charge >= 0.3 is 11.9 Å². The minimum Gasteiger partial charge on any atom is -0.466 e. The lowest BCUT2D eigenvalue weighted by atomic mass is 10.2. The summed E-state index contributed by atoms with van der Waals surface area (Å²) < 4.78 is 14.1. The van der Waals surface area contributed by atoms with Crippen LogP contribution in [0.15, 0.2) is 24.3 Å². The summed E-state index contributed by atoms with van der Waals surface area (Å²) >= 11 is 0. The fourth-order valence-corrected chi connectivity index (χ4v) is 1.39. The van der Waals surface area contributed by atoms with E-state index in [0.29, 0.717) is 26.4 Å². The summed E-state index contributed by atoms with van der Waals surface area (Å²) in [5.74, 6) is -0.437. The standard InChI is InChI=1S/C8H10.C6H12O3.C6H12O2/c1-7-3-5-8(2)6-4-7;1-3-8-4-5-9-6(2)7;1-3-4-5-8-6(2)7/h3-6H,1-2H3;3-5H2,1-2H3;3-5H2,1-2H3. The first-order valence-corrected chi connectivity index (χ1v) is 8.71. The molecule has 0 saturated carbocycles. The van der Waals surface area contributed by atoms with E-state index in [1.54, 1.807) is 0 Å². The Hall–Kier alpha value is -1.88. The Balaban J connectivity index is 0. The lowest BCUT2D eigenvalue weighted by molar-refractivity contribution is -0.142. The van der Waals surface area contributed by atoms with Gasteiger partial charge < -0.3 is 14.2 Å². The Labute approximate surface area is 152 Å². The molecule has 0 bridgehead atoms. The molecule has 144 valence electrons. The van der Waals surface area contributed by atoms with E-state index in [0.717, 1.165) is 12.8 Å².